The second-order valence-corrected chi connectivity index (χ2v) is 11.8. The van der Waals surface area contributed by atoms with E-state index in [1.54, 1.807) is 24.3 Å². The van der Waals surface area contributed by atoms with Gasteiger partial charge < -0.3 is 20.9 Å². The summed E-state index contributed by atoms with van der Waals surface area (Å²) in [7, 11) is 3.97. The van der Waals surface area contributed by atoms with Crippen LogP contribution >= 0.6 is 0 Å². The number of rotatable bonds is 8. The van der Waals surface area contributed by atoms with Crippen molar-refractivity contribution in [3.05, 3.63) is 108 Å². The Bertz CT molecular complexity index is 1810. The molecule has 8 nitrogen and oxygen atoms in total. The Hall–Kier alpha value is -4.98. The highest BCUT2D eigenvalue weighted by Gasteiger charge is 2.26. The van der Waals surface area contributed by atoms with Crippen LogP contribution in [0, 0.1) is 0 Å². The Morgan fingerprint density at radius 2 is 1.34 bits per heavy atom. The first-order valence-corrected chi connectivity index (χ1v) is 15.3. The van der Waals surface area contributed by atoms with Gasteiger partial charge in [-0.25, -0.2) is 4.98 Å². The maximum atomic E-state index is 13.4. The van der Waals surface area contributed by atoms with Crippen LogP contribution < -0.4 is 20.9 Å². The minimum absolute atomic E-state index is 0.0288. The van der Waals surface area contributed by atoms with E-state index in [0.717, 1.165) is 58.7 Å². The molecule has 0 saturated heterocycles. The van der Waals surface area contributed by atoms with Crippen molar-refractivity contribution in [2.75, 3.05) is 24.3 Å². The fraction of sp³-hybridized carbons (Fsp3) is 0.278. The number of anilines is 2. The van der Waals surface area contributed by atoms with Crippen LogP contribution in [0.3, 0.4) is 0 Å². The van der Waals surface area contributed by atoms with Crippen LogP contribution in [-0.2, 0) is 0 Å². The van der Waals surface area contributed by atoms with E-state index in [1.165, 1.54) is 0 Å². The third kappa shape index (κ3) is 6.20. The molecule has 2 amide bonds. The summed E-state index contributed by atoms with van der Waals surface area (Å²) >= 11 is 0. The van der Waals surface area contributed by atoms with Crippen LogP contribution in [0.1, 0.15) is 64.9 Å². The normalized spacial score (nSPS) is 17.2. The molecule has 6 rings (SSSR count). The van der Waals surface area contributed by atoms with Gasteiger partial charge in [-0.3, -0.25) is 9.59 Å². The van der Waals surface area contributed by atoms with Gasteiger partial charge in [-0.1, -0.05) is 66.7 Å². The number of fused-ring (bicyclic) bond motifs is 2. The lowest BCUT2D eigenvalue weighted by Crippen LogP contribution is -2.41. The molecule has 0 radical (unpaired) electrons. The lowest BCUT2D eigenvalue weighted by atomic mass is 9.91. The fourth-order valence-electron chi connectivity index (χ4n) is 6.15. The molecule has 1 aromatic heterocycles. The summed E-state index contributed by atoms with van der Waals surface area (Å²) < 4.78 is 0. The van der Waals surface area contributed by atoms with Crippen LogP contribution in [-0.4, -0.2) is 48.0 Å². The molecule has 0 spiro atoms. The lowest BCUT2D eigenvalue weighted by molar-refractivity contribution is 0.0897. The summed E-state index contributed by atoms with van der Waals surface area (Å²) in [4.78, 5) is 38.4. The lowest BCUT2D eigenvalue weighted by Gasteiger charge is -2.30. The number of carbonyl (C=O) groups excluding carboxylic acids is 2. The van der Waals surface area contributed by atoms with E-state index in [9.17, 15) is 9.59 Å². The topological polar surface area (TPSA) is 99.2 Å². The predicted molar refractivity (Wildman–Crippen MR) is 177 cm³/mol. The van der Waals surface area contributed by atoms with Crippen molar-refractivity contribution in [1.29, 1.82) is 0 Å². The third-order valence-corrected chi connectivity index (χ3v) is 8.46. The number of nitrogens with one attached hydrogen (secondary N) is 3. The van der Waals surface area contributed by atoms with Gasteiger partial charge >= 0.3 is 0 Å². The molecule has 0 aliphatic heterocycles. The number of nitrogens with zero attached hydrogens (tertiary/aromatic N) is 3. The molecule has 1 aliphatic rings. The Morgan fingerprint density at radius 1 is 0.727 bits per heavy atom. The van der Waals surface area contributed by atoms with Crippen molar-refractivity contribution in [1.82, 2.24) is 20.6 Å². The van der Waals surface area contributed by atoms with Crippen molar-refractivity contribution in [3.8, 4) is 0 Å². The zero-order valence-corrected chi connectivity index (χ0v) is 25.4. The summed E-state index contributed by atoms with van der Waals surface area (Å²) in [5.41, 5.74) is 2.70. The maximum absolute atomic E-state index is 13.4. The first-order valence-electron chi connectivity index (χ1n) is 15.3. The van der Waals surface area contributed by atoms with Crippen molar-refractivity contribution < 1.29 is 9.59 Å². The summed E-state index contributed by atoms with van der Waals surface area (Å²) in [5, 5.41) is 13.1. The molecule has 4 aromatic carbocycles. The van der Waals surface area contributed by atoms with Gasteiger partial charge in [-0.15, -0.1) is 0 Å². The number of aromatic nitrogens is 2. The predicted octanol–water partition coefficient (Wildman–Crippen LogP) is 6.49. The number of hydrogen-bond acceptors (Lipinski definition) is 6. The third-order valence-electron chi connectivity index (χ3n) is 8.46. The van der Waals surface area contributed by atoms with Crippen LogP contribution in [0.2, 0.25) is 0 Å². The Kier molecular flexibility index (Phi) is 8.41. The van der Waals surface area contributed by atoms with E-state index in [2.05, 4.69) is 34.1 Å². The van der Waals surface area contributed by atoms with Gasteiger partial charge in [0, 0.05) is 31.6 Å². The number of para-hydroxylation sites is 1. The SMILES string of the molecule is C[C@H](NC(=O)c1ccccc1C(=O)N[C@H]1CC[C@@H](Nc2nc(N(C)C)c3ccccc3n2)CC1)c1cccc2ccccc12. The van der Waals surface area contributed by atoms with Crippen LogP contribution in [0.25, 0.3) is 21.7 Å². The van der Waals surface area contributed by atoms with Crippen LogP contribution in [0.4, 0.5) is 11.8 Å². The molecule has 0 bridgehead atoms. The van der Waals surface area contributed by atoms with Gasteiger partial charge in [-0.2, -0.15) is 4.98 Å². The molecule has 1 saturated carbocycles. The van der Waals surface area contributed by atoms with E-state index < -0.39 is 0 Å². The van der Waals surface area contributed by atoms with E-state index >= 15 is 0 Å². The van der Waals surface area contributed by atoms with Gasteiger partial charge in [0.1, 0.15) is 5.82 Å². The number of hydrogen-bond donors (Lipinski definition) is 3. The van der Waals surface area contributed by atoms with Crippen LogP contribution in [0.5, 0.6) is 0 Å². The molecular weight excluding hydrogens is 548 g/mol. The van der Waals surface area contributed by atoms with Gasteiger partial charge in [0.15, 0.2) is 0 Å². The number of benzene rings is 4. The van der Waals surface area contributed by atoms with Crippen LogP contribution in [0.15, 0.2) is 91.0 Å². The number of amides is 2. The highest BCUT2D eigenvalue weighted by molar-refractivity contribution is 6.07. The van der Waals surface area contributed by atoms with Gasteiger partial charge in [0.2, 0.25) is 5.95 Å². The second-order valence-electron chi connectivity index (χ2n) is 11.8. The molecule has 3 N–H and O–H groups in total. The van der Waals surface area contributed by atoms with Crippen molar-refractivity contribution in [2.24, 2.45) is 0 Å². The minimum atomic E-state index is -0.267. The molecule has 1 atom stereocenters. The number of carbonyl (C=O) groups is 2. The van der Waals surface area contributed by atoms with Crippen molar-refractivity contribution in [2.45, 2.75) is 50.7 Å². The zero-order valence-electron chi connectivity index (χ0n) is 25.4. The zero-order chi connectivity index (χ0) is 30.6. The van der Waals surface area contributed by atoms with E-state index in [-0.39, 0.29) is 29.9 Å². The largest absolute Gasteiger partial charge is 0.362 e. The molecule has 1 heterocycles. The highest BCUT2D eigenvalue weighted by atomic mass is 16.2. The summed E-state index contributed by atoms with van der Waals surface area (Å²) in [6.45, 7) is 1.97. The van der Waals surface area contributed by atoms with Crippen molar-refractivity contribution >= 4 is 45.3 Å². The summed E-state index contributed by atoms with van der Waals surface area (Å²) in [6, 6.07) is 29.3. The average molecular weight is 587 g/mol. The molecule has 0 unspecified atom stereocenters. The molecule has 8 heteroatoms. The molecule has 44 heavy (non-hydrogen) atoms. The fourth-order valence-corrected chi connectivity index (χ4v) is 6.15. The first-order chi connectivity index (χ1) is 21.4. The summed E-state index contributed by atoms with van der Waals surface area (Å²) in [5.74, 6) is 1.01. The summed E-state index contributed by atoms with van der Waals surface area (Å²) in [6.07, 6.45) is 3.40. The highest BCUT2D eigenvalue weighted by Crippen LogP contribution is 2.27. The smallest absolute Gasteiger partial charge is 0.252 e. The van der Waals surface area contributed by atoms with E-state index in [1.807, 2.05) is 74.4 Å². The molecule has 5 aromatic rings. The van der Waals surface area contributed by atoms with Gasteiger partial charge in [-0.05, 0) is 73.2 Å². The standard InChI is InChI=1S/C36H38N6O2/c1-23(27-17-10-12-24-11-4-5-13-28(24)27)37-34(43)29-14-6-7-15-30(29)35(44)38-25-19-21-26(22-20-25)39-36-40-32-18-9-8-16-31(32)33(41-36)42(2)3/h4-18,23,25-26H,19-22H2,1-3H3,(H,37,43)(H,38,44)(H,39,40,41)/t23-,25-,26+/m0/s1. The Balaban J connectivity index is 1.08. The Labute approximate surface area is 257 Å². The maximum Gasteiger partial charge on any atom is 0.252 e. The molecule has 1 aliphatic carbocycles. The average Bonchev–Trinajstić information content (AvgIpc) is 3.04. The second kappa shape index (κ2) is 12.7. The molecule has 224 valence electrons. The molecule has 1 fully saturated rings. The van der Waals surface area contributed by atoms with E-state index in [0.29, 0.717) is 17.1 Å². The van der Waals surface area contributed by atoms with Gasteiger partial charge in [0.25, 0.3) is 11.8 Å². The first kappa shape index (κ1) is 29.1. The van der Waals surface area contributed by atoms with Crippen molar-refractivity contribution in [3.63, 3.8) is 0 Å². The molecular formula is C36H38N6O2. The minimum Gasteiger partial charge on any atom is -0.362 e. The quantitative estimate of drug-likeness (QED) is 0.192. The monoisotopic (exact) mass is 586 g/mol. The Morgan fingerprint density at radius 3 is 2.09 bits per heavy atom. The van der Waals surface area contributed by atoms with Gasteiger partial charge in [0.05, 0.1) is 22.7 Å². The van der Waals surface area contributed by atoms with E-state index in [4.69, 9.17) is 9.97 Å².